The lowest BCUT2D eigenvalue weighted by Crippen LogP contribution is -2.54. The van der Waals surface area contributed by atoms with E-state index in [2.05, 4.69) is 15.4 Å². The van der Waals surface area contributed by atoms with Crippen LogP contribution >= 0.6 is 0 Å². The largest absolute Gasteiger partial charge is 0.508 e. The number of carbonyl (C=O) groups is 4. The summed E-state index contributed by atoms with van der Waals surface area (Å²) in [6.07, 6.45) is -0.837. The molecule has 0 saturated heterocycles. The number of aliphatic hydroxyl groups is 1. The number of phenolic OH excluding ortho intramolecular Hbond substituents is 1. The Bertz CT molecular complexity index is 1080. The molecule has 0 aliphatic heterocycles. The molecule has 0 spiro atoms. The number of methoxy groups -OCH3 is 1. The zero-order chi connectivity index (χ0) is 28.3. The minimum atomic E-state index is -1.23. The molecule has 0 radical (unpaired) electrons. The first-order valence-electron chi connectivity index (χ1n) is 12.0. The third kappa shape index (κ3) is 9.40. The molecular weight excluding hydrogens is 494 g/mol. The number of benzene rings is 2. The van der Waals surface area contributed by atoms with Crippen LogP contribution in [0.4, 0.5) is 4.79 Å². The number of phenols is 1. The molecule has 0 aromatic heterocycles. The number of esters is 1. The molecule has 38 heavy (non-hydrogen) atoms. The Kier molecular flexibility index (Phi) is 11.1. The summed E-state index contributed by atoms with van der Waals surface area (Å²) in [5.41, 5.74) is 0.214. The van der Waals surface area contributed by atoms with Crippen molar-refractivity contribution in [2.24, 2.45) is 0 Å². The highest BCUT2D eigenvalue weighted by molar-refractivity contribution is 5.93. The standard InChI is InChI=1S/C27H35N3O8/c1-27(2,3)38-26(36)29-21(16-18-10-12-20(32)13-11-18)25(35)30(14-15-31)23(19-8-6-5-7-9-19)24(34)28-17-22(33)37-4/h5-13,21,23,31-32H,14-17H2,1-4H3,(H,28,34)(H,29,36). The lowest BCUT2D eigenvalue weighted by atomic mass is 10.0. The molecule has 0 aliphatic carbocycles. The van der Waals surface area contributed by atoms with Gasteiger partial charge in [0.15, 0.2) is 0 Å². The van der Waals surface area contributed by atoms with E-state index in [4.69, 9.17) is 4.74 Å². The predicted molar refractivity (Wildman–Crippen MR) is 138 cm³/mol. The average molecular weight is 530 g/mol. The number of carbonyl (C=O) groups excluding carboxylic acids is 4. The molecule has 2 atom stereocenters. The maximum Gasteiger partial charge on any atom is 0.408 e. The van der Waals surface area contributed by atoms with Crippen LogP contribution in [0.15, 0.2) is 54.6 Å². The van der Waals surface area contributed by atoms with Crippen molar-refractivity contribution in [3.63, 3.8) is 0 Å². The number of amides is 3. The number of alkyl carbamates (subject to hydrolysis) is 1. The number of hydrogen-bond acceptors (Lipinski definition) is 8. The Morgan fingerprint density at radius 3 is 2.18 bits per heavy atom. The van der Waals surface area contributed by atoms with Crippen LogP contribution in [0.3, 0.4) is 0 Å². The topological polar surface area (TPSA) is 154 Å². The second kappa shape index (κ2) is 14.0. The van der Waals surface area contributed by atoms with E-state index in [1.165, 1.54) is 19.2 Å². The van der Waals surface area contributed by atoms with E-state index in [1.54, 1.807) is 63.2 Å². The van der Waals surface area contributed by atoms with Crippen LogP contribution in [0.5, 0.6) is 5.75 Å². The lowest BCUT2D eigenvalue weighted by molar-refractivity contribution is -0.145. The lowest BCUT2D eigenvalue weighted by Gasteiger charge is -2.34. The zero-order valence-electron chi connectivity index (χ0n) is 22.0. The van der Waals surface area contributed by atoms with E-state index in [9.17, 15) is 29.4 Å². The Morgan fingerprint density at radius 2 is 1.63 bits per heavy atom. The number of nitrogens with zero attached hydrogens (tertiary/aromatic N) is 1. The van der Waals surface area contributed by atoms with Crippen LogP contribution in [0.25, 0.3) is 0 Å². The SMILES string of the molecule is COC(=O)CNC(=O)C(c1ccccc1)N(CCO)C(=O)C(Cc1ccc(O)cc1)NC(=O)OC(C)(C)C. The van der Waals surface area contributed by atoms with Crippen LogP contribution in [0, 0.1) is 0 Å². The maximum atomic E-state index is 13.9. The zero-order valence-corrected chi connectivity index (χ0v) is 22.0. The van der Waals surface area contributed by atoms with Gasteiger partial charge in [-0.2, -0.15) is 0 Å². The molecule has 2 aromatic rings. The molecule has 3 amide bonds. The minimum Gasteiger partial charge on any atom is -0.508 e. The number of aromatic hydroxyl groups is 1. The summed E-state index contributed by atoms with van der Waals surface area (Å²) in [4.78, 5) is 52.7. The van der Waals surface area contributed by atoms with Gasteiger partial charge in [-0.05, 0) is 44.0 Å². The summed E-state index contributed by atoms with van der Waals surface area (Å²) in [7, 11) is 1.18. The van der Waals surface area contributed by atoms with Gasteiger partial charge in [0.2, 0.25) is 11.8 Å². The number of hydrogen-bond donors (Lipinski definition) is 4. The van der Waals surface area contributed by atoms with Gasteiger partial charge in [-0.3, -0.25) is 14.4 Å². The quantitative estimate of drug-likeness (QED) is 0.321. The van der Waals surface area contributed by atoms with Crippen molar-refractivity contribution < 1.29 is 38.9 Å². The van der Waals surface area contributed by atoms with Crippen LogP contribution in [0.1, 0.15) is 37.9 Å². The van der Waals surface area contributed by atoms with Gasteiger partial charge in [-0.15, -0.1) is 0 Å². The third-order valence-electron chi connectivity index (χ3n) is 5.30. The van der Waals surface area contributed by atoms with Gasteiger partial charge in [0.05, 0.1) is 13.7 Å². The smallest absolute Gasteiger partial charge is 0.408 e. The Balaban J connectivity index is 2.47. The molecule has 4 N–H and O–H groups in total. The monoisotopic (exact) mass is 529 g/mol. The summed E-state index contributed by atoms with van der Waals surface area (Å²) in [6, 6.07) is 12.0. The maximum absolute atomic E-state index is 13.9. The fourth-order valence-electron chi connectivity index (χ4n) is 3.63. The molecule has 2 rings (SSSR count). The Labute approximate surface area is 221 Å². The van der Waals surface area contributed by atoms with Gasteiger partial charge in [-0.1, -0.05) is 42.5 Å². The van der Waals surface area contributed by atoms with Crippen molar-refractivity contribution in [1.29, 1.82) is 0 Å². The number of aliphatic hydroxyl groups excluding tert-OH is 1. The molecule has 0 fully saturated rings. The normalized spacial score (nSPS) is 12.6. The van der Waals surface area contributed by atoms with Gasteiger partial charge in [0, 0.05) is 13.0 Å². The van der Waals surface area contributed by atoms with Crippen molar-refractivity contribution in [3.05, 3.63) is 65.7 Å². The van der Waals surface area contributed by atoms with Gasteiger partial charge in [0.1, 0.15) is 30.0 Å². The fraction of sp³-hybridized carbons (Fsp3) is 0.407. The van der Waals surface area contributed by atoms with E-state index in [0.29, 0.717) is 11.1 Å². The van der Waals surface area contributed by atoms with Crippen LogP contribution in [-0.4, -0.2) is 77.4 Å². The number of rotatable bonds is 11. The van der Waals surface area contributed by atoms with Crippen molar-refractivity contribution in [3.8, 4) is 5.75 Å². The molecule has 0 saturated carbocycles. The Hall–Kier alpha value is -4.12. The molecule has 0 bridgehead atoms. The Morgan fingerprint density at radius 1 is 1.00 bits per heavy atom. The molecule has 2 unspecified atom stereocenters. The summed E-state index contributed by atoms with van der Waals surface area (Å²) in [5.74, 6) is -1.99. The molecule has 0 aliphatic rings. The van der Waals surface area contributed by atoms with E-state index in [-0.39, 0.29) is 18.7 Å². The van der Waals surface area contributed by atoms with Gasteiger partial charge >= 0.3 is 12.1 Å². The number of nitrogens with one attached hydrogen (secondary N) is 2. The highest BCUT2D eigenvalue weighted by Gasteiger charge is 2.36. The van der Waals surface area contributed by atoms with E-state index < -0.39 is 54.7 Å². The van der Waals surface area contributed by atoms with Crippen LogP contribution in [0.2, 0.25) is 0 Å². The molecule has 206 valence electrons. The van der Waals surface area contributed by atoms with E-state index >= 15 is 0 Å². The molecule has 11 heteroatoms. The second-order valence-electron chi connectivity index (χ2n) is 9.43. The van der Waals surface area contributed by atoms with Gasteiger partial charge in [-0.25, -0.2) is 4.79 Å². The van der Waals surface area contributed by atoms with Gasteiger partial charge in [0.25, 0.3) is 0 Å². The third-order valence-corrected chi connectivity index (χ3v) is 5.30. The molecular formula is C27H35N3O8. The van der Waals surface area contributed by atoms with Crippen molar-refractivity contribution >= 4 is 23.9 Å². The highest BCUT2D eigenvalue weighted by atomic mass is 16.6. The van der Waals surface area contributed by atoms with E-state index in [0.717, 1.165) is 4.90 Å². The van der Waals surface area contributed by atoms with Crippen LogP contribution < -0.4 is 10.6 Å². The van der Waals surface area contributed by atoms with E-state index in [1.807, 2.05) is 0 Å². The molecule has 2 aromatic carbocycles. The molecule has 0 heterocycles. The first-order valence-corrected chi connectivity index (χ1v) is 12.0. The van der Waals surface area contributed by atoms with Crippen LogP contribution in [-0.2, 0) is 30.3 Å². The van der Waals surface area contributed by atoms with Crippen molar-refractivity contribution in [2.45, 2.75) is 44.9 Å². The predicted octanol–water partition coefficient (Wildman–Crippen LogP) is 1.68. The summed E-state index contributed by atoms with van der Waals surface area (Å²) >= 11 is 0. The summed E-state index contributed by atoms with van der Waals surface area (Å²) < 4.78 is 9.93. The second-order valence-corrected chi connectivity index (χ2v) is 9.43. The highest BCUT2D eigenvalue weighted by Crippen LogP contribution is 2.23. The summed E-state index contributed by atoms with van der Waals surface area (Å²) in [6.45, 7) is 3.90. The molecule has 11 nitrogen and oxygen atoms in total. The first kappa shape index (κ1) is 30.1. The first-order chi connectivity index (χ1) is 17.9. The fourth-order valence-corrected chi connectivity index (χ4v) is 3.63. The van der Waals surface area contributed by atoms with Crippen molar-refractivity contribution in [2.75, 3.05) is 26.8 Å². The van der Waals surface area contributed by atoms with Crippen molar-refractivity contribution in [1.82, 2.24) is 15.5 Å². The summed E-state index contributed by atoms with van der Waals surface area (Å²) in [5, 5.41) is 24.5. The average Bonchev–Trinajstić information content (AvgIpc) is 2.87. The van der Waals surface area contributed by atoms with Gasteiger partial charge < -0.3 is 35.2 Å². The number of ether oxygens (including phenoxy) is 2. The minimum absolute atomic E-state index is 0.00553.